The molecule has 1 unspecified atom stereocenters. The quantitative estimate of drug-likeness (QED) is 0.694. The summed E-state index contributed by atoms with van der Waals surface area (Å²) in [6.07, 6.45) is 16.2. The predicted molar refractivity (Wildman–Crippen MR) is 125 cm³/mol. The van der Waals surface area contributed by atoms with Crippen LogP contribution in [0.25, 0.3) is 0 Å². The number of piperidine rings is 1. The minimum atomic E-state index is 0.478. The Morgan fingerprint density at radius 3 is 2.55 bits per heavy atom. The fourth-order valence-electron chi connectivity index (χ4n) is 5.14. The molecule has 1 N–H and O–H groups in total. The Morgan fingerprint density at radius 2 is 1.72 bits per heavy atom. The SMILES string of the molecule is CSCCN1CCCC(Nc2nc3c(c(N4CCCCCC4)n2)CCCCC3)C1. The molecule has 0 saturated carbocycles. The first kappa shape index (κ1) is 21.2. The molecule has 0 amide bonds. The van der Waals surface area contributed by atoms with Gasteiger partial charge < -0.3 is 15.1 Å². The summed E-state index contributed by atoms with van der Waals surface area (Å²) < 4.78 is 0. The molecule has 5 nitrogen and oxygen atoms in total. The van der Waals surface area contributed by atoms with Crippen LogP contribution >= 0.6 is 11.8 Å². The molecule has 3 heterocycles. The van der Waals surface area contributed by atoms with Crippen molar-refractivity contribution in [3.05, 3.63) is 11.3 Å². The first-order valence-electron chi connectivity index (χ1n) is 12.0. The van der Waals surface area contributed by atoms with Crippen LogP contribution in [0.3, 0.4) is 0 Å². The molecule has 2 fully saturated rings. The predicted octanol–water partition coefficient (Wildman–Crippen LogP) is 4.37. The van der Waals surface area contributed by atoms with Gasteiger partial charge in [-0.15, -0.1) is 0 Å². The van der Waals surface area contributed by atoms with E-state index in [9.17, 15) is 0 Å². The van der Waals surface area contributed by atoms with E-state index in [-0.39, 0.29) is 0 Å². The second-order valence-electron chi connectivity index (χ2n) is 9.03. The Kier molecular flexibility index (Phi) is 7.94. The molecule has 29 heavy (non-hydrogen) atoms. The van der Waals surface area contributed by atoms with Crippen molar-refractivity contribution in [3.8, 4) is 0 Å². The third-order valence-corrected chi connectivity index (χ3v) is 7.36. The van der Waals surface area contributed by atoms with Gasteiger partial charge in [0.15, 0.2) is 0 Å². The molecule has 1 aromatic heterocycles. The first-order chi connectivity index (χ1) is 14.3. The number of likely N-dealkylation sites (tertiary alicyclic amines) is 1. The number of aryl methyl sites for hydroxylation is 1. The Bertz CT molecular complexity index is 644. The topological polar surface area (TPSA) is 44.3 Å². The van der Waals surface area contributed by atoms with E-state index in [1.807, 2.05) is 11.8 Å². The van der Waals surface area contributed by atoms with Gasteiger partial charge in [0.2, 0.25) is 5.95 Å². The molecule has 162 valence electrons. The van der Waals surface area contributed by atoms with E-state index >= 15 is 0 Å². The Morgan fingerprint density at radius 1 is 0.931 bits per heavy atom. The molecule has 0 radical (unpaired) electrons. The van der Waals surface area contributed by atoms with Crippen molar-refractivity contribution < 1.29 is 0 Å². The lowest BCUT2D eigenvalue weighted by molar-refractivity contribution is 0.228. The molecular weight excluding hydrogens is 378 g/mol. The minimum Gasteiger partial charge on any atom is -0.356 e. The van der Waals surface area contributed by atoms with E-state index < -0.39 is 0 Å². The van der Waals surface area contributed by atoms with Gasteiger partial charge in [0.1, 0.15) is 5.82 Å². The monoisotopic (exact) mass is 417 g/mol. The fourth-order valence-corrected chi connectivity index (χ4v) is 5.58. The van der Waals surface area contributed by atoms with Crippen molar-refractivity contribution in [2.24, 2.45) is 0 Å². The van der Waals surface area contributed by atoms with E-state index in [4.69, 9.17) is 9.97 Å². The second-order valence-corrected chi connectivity index (χ2v) is 10.0. The van der Waals surface area contributed by atoms with Crippen LogP contribution in [-0.4, -0.2) is 65.6 Å². The molecule has 0 spiro atoms. The highest BCUT2D eigenvalue weighted by atomic mass is 32.2. The lowest BCUT2D eigenvalue weighted by atomic mass is 10.1. The zero-order valence-corrected chi connectivity index (χ0v) is 19.1. The third kappa shape index (κ3) is 5.78. The summed E-state index contributed by atoms with van der Waals surface area (Å²) in [4.78, 5) is 15.4. The van der Waals surface area contributed by atoms with Crippen molar-refractivity contribution in [2.75, 3.05) is 54.9 Å². The molecule has 2 saturated heterocycles. The van der Waals surface area contributed by atoms with Gasteiger partial charge >= 0.3 is 0 Å². The molecule has 0 aromatic carbocycles. The number of nitrogens with zero attached hydrogens (tertiary/aromatic N) is 4. The maximum absolute atomic E-state index is 5.16. The smallest absolute Gasteiger partial charge is 0.225 e. The van der Waals surface area contributed by atoms with Crippen molar-refractivity contribution in [1.29, 1.82) is 0 Å². The lowest BCUT2D eigenvalue weighted by Gasteiger charge is -2.33. The Labute approximate surface area is 181 Å². The molecular formula is C23H39N5S. The number of thioether (sulfide) groups is 1. The Hall–Kier alpha value is -1.01. The van der Waals surface area contributed by atoms with Crippen molar-refractivity contribution in [3.63, 3.8) is 0 Å². The van der Waals surface area contributed by atoms with Crippen LogP contribution in [0.1, 0.15) is 69.0 Å². The van der Waals surface area contributed by atoms with E-state index in [2.05, 4.69) is 21.4 Å². The Balaban J connectivity index is 1.53. The van der Waals surface area contributed by atoms with Gasteiger partial charge in [-0.3, -0.25) is 0 Å². The van der Waals surface area contributed by atoms with Crippen LogP contribution in [0, 0.1) is 0 Å². The standard InChI is InChI=1S/C23H39N5S/c1-29-17-16-27-13-9-10-19(18-27)24-23-25-21-12-6-4-5-11-20(21)22(26-23)28-14-7-2-3-8-15-28/h19H,2-18H2,1H3,(H,24,25,26). The summed E-state index contributed by atoms with van der Waals surface area (Å²) >= 11 is 1.95. The minimum absolute atomic E-state index is 0.478. The van der Waals surface area contributed by atoms with Crippen molar-refractivity contribution >= 4 is 23.5 Å². The van der Waals surface area contributed by atoms with E-state index in [1.54, 1.807) is 0 Å². The number of rotatable bonds is 6. The zero-order valence-electron chi connectivity index (χ0n) is 18.3. The highest BCUT2D eigenvalue weighted by molar-refractivity contribution is 7.98. The number of aromatic nitrogens is 2. The third-order valence-electron chi connectivity index (χ3n) is 6.77. The molecule has 1 aromatic rings. The number of hydrogen-bond donors (Lipinski definition) is 1. The summed E-state index contributed by atoms with van der Waals surface area (Å²) in [5.41, 5.74) is 2.79. The summed E-state index contributed by atoms with van der Waals surface area (Å²) in [6.45, 7) is 5.88. The summed E-state index contributed by atoms with van der Waals surface area (Å²) in [7, 11) is 0. The maximum atomic E-state index is 5.16. The fraction of sp³-hybridized carbons (Fsp3) is 0.826. The van der Waals surface area contributed by atoms with Crippen LogP contribution < -0.4 is 10.2 Å². The van der Waals surface area contributed by atoms with E-state index in [0.29, 0.717) is 6.04 Å². The molecule has 1 atom stereocenters. The number of hydrogen-bond acceptors (Lipinski definition) is 6. The number of anilines is 2. The van der Waals surface area contributed by atoms with E-state index in [1.165, 1.54) is 93.7 Å². The molecule has 3 aliphatic rings. The van der Waals surface area contributed by atoms with Crippen LogP contribution in [-0.2, 0) is 12.8 Å². The van der Waals surface area contributed by atoms with Gasteiger partial charge in [0, 0.05) is 43.5 Å². The maximum Gasteiger partial charge on any atom is 0.225 e. The normalized spacial score (nSPS) is 23.9. The van der Waals surface area contributed by atoms with Gasteiger partial charge in [-0.25, -0.2) is 4.98 Å². The van der Waals surface area contributed by atoms with Gasteiger partial charge in [-0.2, -0.15) is 16.7 Å². The highest BCUT2D eigenvalue weighted by Crippen LogP contribution is 2.30. The summed E-state index contributed by atoms with van der Waals surface area (Å²) in [5, 5.41) is 3.76. The molecule has 6 heteroatoms. The second kappa shape index (κ2) is 10.9. The van der Waals surface area contributed by atoms with Crippen LogP contribution in [0.2, 0.25) is 0 Å². The van der Waals surface area contributed by atoms with Gasteiger partial charge in [-0.05, 0) is 64.2 Å². The van der Waals surface area contributed by atoms with Crippen molar-refractivity contribution in [1.82, 2.24) is 14.9 Å². The van der Waals surface area contributed by atoms with Crippen LogP contribution in [0.5, 0.6) is 0 Å². The molecule has 0 bridgehead atoms. The lowest BCUT2D eigenvalue weighted by Crippen LogP contribution is -2.43. The van der Waals surface area contributed by atoms with Crippen LogP contribution in [0.15, 0.2) is 0 Å². The van der Waals surface area contributed by atoms with Gasteiger partial charge in [-0.1, -0.05) is 19.3 Å². The number of nitrogens with one attached hydrogen (secondary N) is 1. The highest BCUT2D eigenvalue weighted by Gasteiger charge is 2.24. The van der Waals surface area contributed by atoms with Gasteiger partial charge in [0.05, 0.1) is 5.69 Å². The molecule has 4 rings (SSSR count). The molecule has 1 aliphatic carbocycles. The summed E-state index contributed by atoms with van der Waals surface area (Å²) in [6, 6.07) is 0.478. The average molecular weight is 418 g/mol. The molecule has 2 aliphatic heterocycles. The van der Waals surface area contributed by atoms with Crippen LogP contribution in [0.4, 0.5) is 11.8 Å². The average Bonchev–Trinajstić information content (AvgIpc) is 3.15. The van der Waals surface area contributed by atoms with E-state index in [0.717, 1.165) is 38.4 Å². The largest absolute Gasteiger partial charge is 0.356 e. The first-order valence-corrected chi connectivity index (χ1v) is 13.4. The van der Waals surface area contributed by atoms with Gasteiger partial charge in [0.25, 0.3) is 0 Å². The number of fused-ring (bicyclic) bond motifs is 1. The van der Waals surface area contributed by atoms with Crippen molar-refractivity contribution in [2.45, 2.75) is 76.7 Å². The zero-order chi connectivity index (χ0) is 19.9. The summed E-state index contributed by atoms with van der Waals surface area (Å²) in [5.74, 6) is 3.37.